The second kappa shape index (κ2) is 15.0. The average molecular weight is 606 g/mol. The summed E-state index contributed by atoms with van der Waals surface area (Å²) >= 11 is 0. The van der Waals surface area contributed by atoms with Crippen molar-refractivity contribution in [3.05, 3.63) is 90.0 Å². The van der Waals surface area contributed by atoms with E-state index >= 15 is 0 Å². The minimum absolute atomic E-state index is 0.0595. The lowest BCUT2D eigenvalue weighted by atomic mass is 9.95. The second-order valence-electron chi connectivity index (χ2n) is 11.1. The summed E-state index contributed by atoms with van der Waals surface area (Å²) in [5, 5.41) is 3.19. The molecule has 8 nitrogen and oxygen atoms in total. The van der Waals surface area contributed by atoms with Gasteiger partial charge in [0, 0.05) is 12.6 Å². The first-order valence-corrected chi connectivity index (χ1v) is 16.5. The predicted octanol–water partition coefficient (Wildman–Crippen LogP) is 5.50. The first-order valence-electron chi connectivity index (χ1n) is 15.1. The third-order valence-corrected chi connectivity index (χ3v) is 9.81. The van der Waals surface area contributed by atoms with Crippen LogP contribution in [0.4, 0.5) is 5.69 Å². The molecule has 0 radical (unpaired) electrons. The van der Waals surface area contributed by atoms with E-state index in [1.807, 2.05) is 50.2 Å². The molecule has 4 rings (SSSR count). The second-order valence-corrected chi connectivity index (χ2v) is 13.0. The molecule has 0 heterocycles. The summed E-state index contributed by atoms with van der Waals surface area (Å²) in [5.74, 6) is -0.318. The highest BCUT2D eigenvalue weighted by atomic mass is 32.2. The van der Waals surface area contributed by atoms with Gasteiger partial charge in [-0.25, -0.2) is 8.42 Å². The molecule has 1 saturated carbocycles. The number of amides is 2. The van der Waals surface area contributed by atoms with Crippen molar-refractivity contribution in [2.45, 2.75) is 75.8 Å². The number of ether oxygens (including phenoxy) is 1. The van der Waals surface area contributed by atoms with Crippen LogP contribution in [0.25, 0.3) is 0 Å². The summed E-state index contributed by atoms with van der Waals surface area (Å²) in [6.07, 6.45) is 6.09. The Bertz CT molecular complexity index is 1460. The van der Waals surface area contributed by atoms with Crippen molar-refractivity contribution < 1.29 is 22.7 Å². The average Bonchev–Trinajstić information content (AvgIpc) is 3.03. The highest BCUT2D eigenvalue weighted by Gasteiger charge is 2.35. The largest absolute Gasteiger partial charge is 0.495 e. The number of hydrogen-bond acceptors (Lipinski definition) is 5. The lowest BCUT2D eigenvalue weighted by Crippen LogP contribution is -2.54. The number of methoxy groups -OCH3 is 1. The molecule has 2 amide bonds. The maximum Gasteiger partial charge on any atom is 0.264 e. The fourth-order valence-corrected chi connectivity index (χ4v) is 7.11. The Labute approximate surface area is 256 Å². The SMILES string of the molecule is CC[C@@H](C(=O)NC1CCCCC1)N(CCc1ccccc1)C(=O)CN(c1cc(C)ccc1OC)S(=O)(=O)c1ccccc1. The Morgan fingerprint density at radius 1 is 0.953 bits per heavy atom. The van der Waals surface area contributed by atoms with Gasteiger partial charge in [-0.05, 0) is 68.0 Å². The minimum Gasteiger partial charge on any atom is -0.495 e. The van der Waals surface area contributed by atoms with Crippen molar-refractivity contribution in [3.63, 3.8) is 0 Å². The molecule has 1 aliphatic carbocycles. The number of rotatable bonds is 13. The fourth-order valence-electron chi connectivity index (χ4n) is 5.67. The smallest absolute Gasteiger partial charge is 0.264 e. The number of anilines is 1. The van der Waals surface area contributed by atoms with Crippen LogP contribution in [0.15, 0.2) is 83.8 Å². The standard InChI is InChI=1S/C34H43N3O5S/c1-4-30(34(39)35-28-16-10-6-11-17-28)36(23-22-27-14-8-5-9-15-27)33(38)25-37(31-24-26(2)20-21-32(31)42-3)43(40,41)29-18-12-7-13-19-29/h5,7-9,12-15,18-21,24,28,30H,4,6,10-11,16-17,22-23,25H2,1-3H3,(H,35,39)/t30-/m0/s1. The zero-order chi connectivity index (χ0) is 30.8. The molecule has 0 saturated heterocycles. The number of nitrogens with zero attached hydrogens (tertiary/aromatic N) is 2. The zero-order valence-corrected chi connectivity index (χ0v) is 26.2. The molecule has 230 valence electrons. The van der Waals surface area contributed by atoms with Crippen molar-refractivity contribution in [2.24, 2.45) is 0 Å². The van der Waals surface area contributed by atoms with Crippen LogP contribution >= 0.6 is 0 Å². The van der Waals surface area contributed by atoms with Gasteiger partial charge < -0.3 is 15.0 Å². The van der Waals surface area contributed by atoms with E-state index in [0.29, 0.717) is 18.6 Å². The van der Waals surface area contributed by atoms with Crippen molar-refractivity contribution in [1.29, 1.82) is 0 Å². The van der Waals surface area contributed by atoms with Crippen LogP contribution in [-0.2, 0) is 26.0 Å². The molecule has 1 aliphatic rings. The third-order valence-electron chi connectivity index (χ3n) is 8.03. The van der Waals surface area contributed by atoms with Crippen LogP contribution in [0.5, 0.6) is 5.75 Å². The van der Waals surface area contributed by atoms with Gasteiger partial charge in [0.05, 0.1) is 17.7 Å². The molecule has 0 spiro atoms. The first-order chi connectivity index (χ1) is 20.7. The molecule has 3 aromatic rings. The van der Waals surface area contributed by atoms with Crippen LogP contribution in [0.3, 0.4) is 0 Å². The number of hydrogen-bond donors (Lipinski definition) is 1. The van der Waals surface area contributed by atoms with Gasteiger partial charge in [0.15, 0.2) is 0 Å². The van der Waals surface area contributed by atoms with Gasteiger partial charge in [0.1, 0.15) is 18.3 Å². The number of carbonyl (C=O) groups excluding carboxylic acids is 2. The Balaban J connectivity index is 1.71. The predicted molar refractivity (Wildman–Crippen MR) is 170 cm³/mol. The van der Waals surface area contributed by atoms with Crippen molar-refractivity contribution in [3.8, 4) is 5.75 Å². The maximum atomic E-state index is 14.3. The highest BCUT2D eigenvalue weighted by Crippen LogP contribution is 2.33. The van der Waals surface area contributed by atoms with Gasteiger partial charge >= 0.3 is 0 Å². The fraction of sp³-hybridized carbons (Fsp3) is 0.412. The summed E-state index contributed by atoms with van der Waals surface area (Å²) in [7, 11) is -2.70. The molecule has 1 atom stereocenters. The minimum atomic E-state index is -4.17. The maximum absolute atomic E-state index is 14.3. The van der Waals surface area contributed by atoms with Crippen molar-refractivity contribution >= 4 is 27.5 Å². The summed E-state index contributed by atoms with van der Waals surface area (Å²) < 4.78 is 34.9. The third kappa shape index (κ3) is 8.16. The van der Waals surface area contributed by atoms with E-state index in [0.717, 1.165) is 41.1 Å². The van der Waals surface area contributed by atoms with Crippen molar-refractivity contribution in [2.75, 3.05) is 24.5 Å². The molecule has 43 heavy (non-hydrogen) atoms. The van der Waals surface area contributed by atoms with Crippen LogP contribution < -0.4 is 14.4 Å². The van der Waals surface area contributed by atoms with E-state index in [1.54, 1.807) is 35.2 Å². The van der Waals surface area contributed by atoms with Gasteiger partial charge in [0.25, 0.3) is 10.0 Å². The highest BCUT2D eigenvalue weighted by molar-refractivity contribution is 7.92. The molecule has 3 aromatic carbocycles. The van der Waals surface area contributed by atoms with Crippen molar-refractivity contribution in [1.82, 2.24) is 10.2 Å². The molecular weight excluding hydrogens is 562 g/mol. The lowest BCUT2D eigenvalue weighted by Gasteiger charge is -2.34. The van der Waals surface area contributed by atoms with Crippen LogP contribution in [0, 0.1) is 6.92 Å². The van der Waals surface area contributed by atoms with E-state index in [2.05, 4.69) is 5.32 Å². The number of benzene rings is 3. The summed E-state index contributed by atoms with van der Waals surface area (Å²) in [6.45, 7) is 3.52. The Morgan fingerprint density at radius 2 is 1.60 bits per heavy atom. The number of aryl methyl sites for hydroxylation is 1. The van der Waals surface area contributed by atoms with E-state index in [1.165, 1.54) is 25.7 Å². The van der Waals surface area contributed by atoms with Gasteiger partial charge in [-0.2, -0.15) is 0 Å². The summed E-state index contributed by atoms with van der Waals surface area (Å²) in [5.41, 5.74) is 2.11. The van der Waals surface area contributed by atoms with Gasteiger partial charge in [-0.1, -0.05) is 80.8 Å². The quantitative estimate of drug-likeness (QED) is 0.278. The van der Waals surface area contributed by atoms with E-state index in [4.69, 9.17) is 4.74 Å². The Morgan fingerprint density at radius 3 is 2.23 bits per heavy atom. The summed E-state index contributed by atoms with van der Waals surface area (Å²) in [6, 6.07) is 22.4. The first kappa shape index (κ1) is 32.1. The summed E-state index contributed by atoms with van der Waals surface area (Å²) in [4.78, 5) is 29.6. The molecule has 1 N–H and O–H groups in total. The van der Waals surface area contributed by atoms with Gasteiger partial charge in [0.2, 0.25) is 11.8 Å². The molecule has 9 heteroatoms. The van der Waals surface area contributed by atoms with Gasteiger partial charge in [-0.15, -0.1) is 0 Å². The van der Waals surface area contributed by atoms with Crippen LogP contribution in [0.2, 0.25) is 0 Å². The van der Waals surface area contributed by atoms with E-state index in [9.17, 15) is 18.0 Å². The zero-order valence-electron chi connectivity index (χ0n) is 25.4. The molecule has 0 unspecified atom stereocenters. The Hall–Kier alpha value is -3.85. The van der Waals surface area contributed by atoms with Crippen LogP contribution in [0.1, 0.15) is 56.6 Å². The molecular formula is C34H43N3O5S. The molecule has 0 bridgehead atoms. The normalized spacial score (nSPS) is 14.5. The molecule has 0 aromatic heterocycles. The number of carbonyl (C=O) groups is 2. The molecule has 0 aliphatic heterocycles. The van der Waals surface area contributed by atoms with E-state index < -0.39 is 28.5 Å². The Kier molecular flexibility index (Phi) is 11.2. The van der Waals surface area contributed by atoms with Crippen LogP contribution in [-0.4, -0.2) is 57.4 Å². The topological polar surface area (TPSA) is 96.0 Å². The number of nitrogens with one attached hydrogen (secondary N) is 1. The van der Waals surface area contributed by atoms with E-state index in [-0.39, 0.29) is 29.1 Å². The number of sulfonamides is 1. The van der Waals surface area contributed by atoms with Gasteiger partial charge in [-0.3, -0.25) is 13.9 Å². The monoisotopic (exact) mass is 605 g/mol. The lowest BCUT2D eigenvalue weighted by molar-refractivity contribution is -0.140. The molecule has 1 fully saturated rings.